The average Bonchev–Trinajstić information content (AvgIpc) is 3.15. The van der Waals surface area contributed by atoms with Crippen molar-refractivity contribution in [3.63, 3.8) is 0 Å². The summed E-state index contributed by atoms with van der Waals surface area (Å²) >= 11 is 5.31. The van der Waals surface area contributed by atoms with Crippen molar-refractivity contribution in [3.8, 4) is 0 Å². The minimum absolute atomic E-state index is 0.307. The van der Waals surface area contributed by atoms with Crippen LogP contribution in [0.3, 0.4) is 0 Å². The van der Waals surface area contributed by atoms with Gasteiger partial charge in [0.15, 0.2) is 23.5 Å². The molecule has 11 heteroatoms. The third kappa shape index (κ3) is 4.47. The van der Waals surface area contributed by atoms with Gasteiger partial charge in [-0.3, -0.25) is 14.1 Å². The fraction of sp³-hybridized carbons (Fsp3) is 0.722. The van der Waals surface area contributed by atoms with Gasteiger partial charge in [0.25, 0.3) is 5.65 Å². The van der Waals surface area contributed by atoms with Crippen LogP contribution < -0.4 is 4.57 Å². The fourth-order valence-corrected chi connectivity index (χ4v) is 4.92. The maximum atomic E-state index is 12.4. The number of rotatable bonds is 7. The van der Waals surface area contributed by atoms with Gasteiger partial charge in [-0.1, -0.05) is 33.0 Å². The van der Waals surface area contributed by atoms with E-state index in [9.17, 15) is 14.6 Å². The number of H-pyrrole nitrogens is 1. The number of ether oxygens (including phenoxy) is 1. The number of aromatic amines is 1. The fourth-order valence-electron chi connectivity index (χ4n) is 3.58. The van der Waals surface area contributed by atoms with Crippen molar-refractivity contribution in [2.45, 2.75) is 76.7 Å². The van der Waals surface area contributed by atoms with Crippen LogP contribution in [0.4, 0.5) is 0 Å². The minimum atomic E-state index is -3.76. The number of aliphatic hydroxyl groups excluding tert-OH is 1. The summed E-state index contributed by atoms with van der Waals surface area (Å²) in [6.07, 6.45) is 2.95. The summed E-state index contributed by atoms with van der Waals surface area (Å²) in [6.45, 7) is 6.99. The van der Waals surface area contributed by atoms with Gasteiger partial charge >= 0.3 is 7.60 Å². The highest BCUT2D eigenvalue weighted by Crippen LogP contribution is 2.52. The molecule has 1 aliphatic rings. The highest BCUT2D eigenvalue weighted by molar-refractivity contribution is 7.71. The van der Waals surface area contributed by atoms with Crippen LogP contribution in [-0.2, 0) is 20.9 Å². The molecule has 5 unspecified atom stereocenters. The standard InChI is InChI=1S/C18H29N4O5PS/c1-6-18(4,27-28(24,25)11(2)3)8-13-12(23)7-14(26-13)22-10-21(5)15-16(22)19-9-20-17(15)29/h9-14,23H,6-8H2,1-5H3,(H-,19,20,24,25,29)/p+1. The summed E-state index contributed by atoms with van der Waals surface area (Å²) in [5, 5.41) is 10.6. The zero-order chi connectivity index (χ0) is 21.6. The van der Waals surface area contributed by atoms with Crippen LogP contribution in [-0.4, -0.2) is 48.0 Å². The van der Waals surface area contributed by atoms with Crippen molar-refractivity contribution in [1.29, 1.82) is 0 Å². The van der Waals surface area contributed by atoms with Crippen LogP contribution in [0.2, 0.25) is 0 Å². The number of nitrogens with zero attached hydrogens (tertiary/aromatic N) is 3. The Hall–Kier alpha value is -1.16. The molecule has 0 spiro atoms. The van der Waals surface area contributed by atoms with Gasteiger partial charge in [0.05, 0.1) is 30.5 Å². The highest BCUT2D eigenvalue weighted by atomic mass is 32.1. The van der Waals surface area contributed by atoms with Crippen LogP contribution in [0.25, 0.3) is 11.2 Å². The van der Waals surface area contributed by atoms with Gasteiger partial charge < -0.3 is 19.3 Å². The quantitative estimate of drug-likeness (QED) is 0.341. The monoisotopic (exact) mass is 445 g/mol. The van der Waals surface area contributed by atoms with E-state index in [0.29, 0.717) is 23.9 Å². The molecule has 162 valence electrons. The van der Waals surface area contributed by atoms with E-state index in [4.69, 9.17) is 21.5 Å². The first-order valence-electron chi connectivity index (χ1n) is 9.78. The molecule has 0 radical (unpaired) electrons. The maximum Gasteiger partial charge on any atom is 0.331 e. The first-order chi connectivity index (χ1) is 13.5. The van der Waals surface area contributed by atoms with Crippen molar-refractivity contribution in [1.82, 2.24) is 14.5 Å². The lowest BCUT2D eigenvalue weighted by atomic mass is 9.93. The van der Waals surface area contributed by atoms with E-state index in [1.165, 1.54) is 6.33 Å². The molecular formula is C18H30N4O5PS+. The Morgan fingerprint density at radius 1 is 1.59 bits per heavy atom. The summed E-state index contributed by atoms with van der Waals surface area (Å²) in [7, 11) is -1.88. The van der Waals surface area contributed by atoms with Crippen LogP contribution in [0, 0.1) is 4.64 Å². The molecule has 5 atom stereocenters. The van der Waals surface area contributed by atoms with Crippen LogP contribution >= 0.6 is 19.8 Å². The Labute approximate surface area is 175 Å². The molecule has 9 nitrogen and oxygen atoms in total. The molecule has 1 saturated heterocycles. The summed E-state index contributed by atoms with van der Waals surface area (Å²) < 4.78 is 28.5. The summed E-state index contributed by atoms with van der Waals surface area (Å²) in [5.41, 5.74) is 0.157. The number of aryl methyl sites for hydroxylation is 1. The SMILES string of the molecule is CCC(C)(CC1OC([n+]2cn(C)c3c(=S)nc[nH]c32)CC1O)OP(=O)(O)C(C)C. The lowest BCUT2D eigenvalue weighted by Gasteiger charge is -2.34. The van der Waals surface area contributed by atoms with Crippen molar-refractivity contribution in [2.24, 2.45) is 7.05 Å². The molecule has 29 heavy (non-hydrogen) atoms. The van der Waals surface area contributed by atoms with E-state index >= 15 is 0 Å². The van der Waals surface area contributed by atoms with Gasteiger partial charge in [0, 0.05) is 12.8 Å². The summed E-state index contributed by atoms with van der Waals surface area (Å²) in [6, 6.07) is 0. The number of nitrogens with one attached hydrogen (secondary N) is 1. The van der Waals surface area contributed by atoms with Crippen LogP contribution in [0.15, 0.2) is 12.7 Å². The molecule has 2 aromatic heterocycles. The number of aliphatic hydroxyl groups is 1. The minimum Gasteiger partial charge on any atom is -0.390 e. The Morgan fingerprint density at radius 3 is 2.90 bits per heavy atom. The van der Waals surface area contributed by atoms with Crippen molar-refractivity contribution in [2.75, 3.05) is 0 Å². The number of hydrogen-bond acceptors (Lipinski definition) is 6. The van der Waals surface area contributed by atoms with E-state index in [1.807, 2.05) is 29.4 Å². The maximum absolute atomic E-state index is 12.4. The van der Waals surface area contributed by atoms with Crippen molar-refractivity contribution >= 4 is 31.0 Å². The highest BCUT2D eigenvalue weighted by Gasteiger charge is 2.44. The Morgan fingerprint density at radius 2 is 2.28 bits per heavy atom. The summed E-state index contributed by atoms with van der Waals surface area (Å²) in [5.74, 6) is 0. The van der Waals surface area contributed by atoms with Gasteiger partial charge in [0.1, 0.15) is 0 Å². The molecule has 0 bridgehead atoms. The van der Waals surface area contributed by atoms with Crippen molar-refractivity contribution in [3.05, 3.63) is 17.3 Å². The molecule has 1 fully saturated rings. The topological polar surface area (TPSA) is 113 Å². The largest absolute Gasteiger partial charge is 0.390 e. The van der Waals surface area contributed by atoms with Gasteiger partial charge in [-0.15, -0.1) is 0 Å². The predicted molar refractivity (Wildman–Crippen MR) is 110 cm³/mol. The Bertz CT molecular complexity index is 992. The first kappa shape index (κ1) is 22.5. The van der Waals surface area contributed by atoms with E-state index < -0.39 is 37.3 Å². The zero-order valence-electron chi connectivity index (χ0n) is 17.4. The zero-order valence-corrected chi connectivity index (χ0v) is 19.1. The molecule has 0 saturated carbocycles. The lowest BCUT2D eigenvalue weighted by molar-refractivity contribution is -0.739. The normalized spacial score (nSPS) is 26.7. The van der Waals surface area contributed by atoms with E-state index in [2.05, 4.69) is 9.97 Å². The smallest absolute Gasteiger partial charge is 0.331 e. The molecule has 3 rings (SSSR count). The average molecular weight is 446 g/mol. The van der Waals surface area contributed by atoms with Gasteiger partial charge in [0.2, 0.25) is 5.52 Å². The van der Waals surface area contributed by atoms with E-state index in [0.717, 1.165) is 11.2 Å². The second-order valence-corrected chi connectivity index (χ2v) is 11.0. The molecule has 3 heterocycles. The Kier molecular flexibility index (Phi) is 6.34. The number of hydrogen-bond donors (Lipinski definition) is 3. The molecule has 0 aliphatic carbocycles. The number of aromatic nitrogens is 4. The summed E-state index contributed by atoms with van der Waals surface area (Å²) in [4.78, 5) is 17.4. The van der Waals surface area contributed by atoms with Crippen LogP contribution in [0.5, 0.6) is 0 Å². The third-order valence-electron chi connectivity index (χ3n) is 5.62. The third-order valence-corrected chi connectivity index (χ3v) is 7.92. The first-order valence-corrected chi connectivity index (χ1v) is 11.8. The van der Waals surface area contributed by atoms with Gasteiger partial charge in [-0.25, -0.2) is 9.55 Å². The van der Waals surface area contributed by atoms with Gasteiger partial charge in [-0.05, 0) is 13.3 Å². The molecule has 2 aromatic rings. The predicted octanol–water partition coefficient (Wildman–Crippen LogP) is 2.74. The molecule has 0 amide bonds. The van der Waals surface area contributed by atoms with Crippen LogP contribution in [0.1, 0.15) is 53.2 Å². The van der Waals surface area contributed by atoms with E-state index in [-0.39, 0.29) is 0 Å². The molecule has 0 aromatic carbocycles. The lowest BCUT2D eigenvalue weighted by Crippen LogP contribution is -2.40. The number of imidazole rings is 1. The molecular weight excluding hydrogens is 415 g/mol. The number of fused-ring (bicyclic) bond motifs is 1. The second-order valence-electron chi connectivity index (χ2n) is 8.23. The Balaban J connectivity index is 1.82. The van der Waals surface area contributed by atoms with E-state index in [1.54, 1.807) is 20.8 Å². The molecule has 3 N–H and O–H groups in total. The molecule has 1 aliphatic heterocycles. The second kappa shape index (κ2) is 8.17. The van der Waals surface area contributed by atoms with Crippen molar-refractivity contribution < 1.29 is 28.4 Å². The van der Waals surface area contributed by atoms with Gasteiger partial charge in [-0.2, -0.15) is 0 Å².